The number of hydrogen-bond acceptors (Lipinski definition) is 6. The number of fused-ring (bicyclic) bond motifs is 1. The highest BCUT2D eigenvalue weighted by atomic mass is 16.6. The van der Waals surface area contributed by atoms with Gasteiger partial charge in [-0.1, -0.05) is 62.4 Å². The summed E-state index contributed by atoms with van der Waals surface area (Å²) in [4.78, 5) is 55.5. The predicted octanol–water partition coefficient (Wildman–Crippen LogP) is 3.65. The van der Waals surface area contributed by atoms with E-state index < -0.39 is 47.6 Å². The van der Waals surface area contributed by atoms with Gasteiger partial charge in [0.15, 0.2) is 0 Å². The molecule has 0 aliphatic carbocycles. The third kappa shape index (κ3) is 9.09. The predicted molar refractivity (Wildman–Crippen MR) is 156 cm³/mol. The van der Waals surface area contributed by atoms with Crippen LogP contribution >= 0.6 is 0 Å². The minimum absolute atomic E-state index is 0.137. The first-order chi connectivity index (χ1) is 19.4. The van der Waals surface area contributed by atoms with Crippen molar-refractivity contribution in [1.29, 1.82) is 0 Å². The number of para-hydroxylation sites is 1. The van der Waals surface area contributed by atoms with Crippen molar-refractivity contribution in [3.63, 3.8) is 0 Å². The lowest BCUT2D eigenvalue weighted by Gasteiger charge is -2.27. The fraction of sp³-hybridized carbons (Fsp3) is 0.419. The first kappa shape index (κ1) is 31.2. The van der Waals surface area contributed by atoms with Crippen LogP contribution < -0.4 is 16.0 Å². The van der Waals surface area contributed by atoms with Crippen molar-refractivity contribution < 1.29 is 28.7 Å². The Kier molecular flexibility index (Phi) is 10.5. The minimum Gasteiger partial charge on any atom is -0.467 e. The molecule has 0 saturated heterocycles. The molecule has 41 heavy (non-hydrogen) atoms. The molecule has 0 aliphatic rings. The standard InChI is InChI=1S/C31H40N4O6/c1-19(2)26(29(38)40-6)35-28(37)25(17-21-18-32-23-15-11-10-14-22(21)23)33-27(36)24(16-20-12-8-7-9-13-20)34-30(39)41-31(3,4)5/h7-15,18-19,24-26,32H,16-17H2,1-6H3,(H,33,36)(H,34,39)(H,35,37)/t24-,25-,26+/m1/s1. The molecule has 2 aromatic carbocycles. The number of alkyl carbamates (subject to hydrolysis) is 1. The number of nitrogens with one attached hydrogen (secondary N) is 4. The van der Waals surface area contributed by atoms with E-state index >= 15 is 0 Å². The molecule has 0 aliphatic heterocycles. The summed E-state index contributed by atoms with van der Waals surface area (Å²) in [5.74, 6) is -1.96. The van der Waals surface area contributed by atoms with Crippen LogP contribution in [0.2, 0.25) is 0 Å². The fourth-order valence-electron chi connectivity index (χ4n) is 4.39. The summed E-state index contributed by atoms with van der Waals surface area (Å²) in [5, 5.41) is 9.12. The smallest absolute Gasteiger partial charge is 0.408 e. The summed E-state index contributed by atoms with van der Waals surface area (Å²) in [7, 11) is 1.26. The van der Waals surface area contributed by atoms with E-state index in [0.29, 0.717) is 0 Å². The molecule has 0 radical (unpaired) electrons. The van der Waals surface area contributed by atoms with Crippen molar-refractivity contribution in [2.24, 2.45) is 5.92 Å². The van der Waals surface area contributed by atoms with E-state index in [1.807, 2.05) is 54.6 Å². The van der Waals surface area contributed by atoms with Crippen molar-refractivity contribution in [3.05, 3.63) is 71.9 Å². The molecule has 220 valence electrons. The Balaban J connectivity index is 1.90. The molecule has 10 nitrogen and oxygen atoms in total. The van der Waals surface area contributed by atoms with Crippen LogP contribution in [0.15, 0.2) is 60.8 Å². The number of carbonyl (C=O) groups is 4. The van der Waals surface area contributed by atoms with Gasteiger partial charge in [-0.15, -0.1) is 0 Å². The molecule has 0 unspecified atom stereocenters. The lowest BCUT2D eigenvalue weighted by molar-refractivity contribution is -0.146. The molecular weight excluding hydrogens is 524 g/mol. The molecule has 4 N–H and O–H groups in total. The minimum atomic E-state index is -1.06. The van der Waals surface area contributed by atoms with Gasteiger partial charge >= 0.3 is 12.1 Å². The quantitative estimate of drug-likeness (QED) is 0.262. The Hall–Kier alpha value is -4.34. The molecule has 1 aromatic heterocycles. The Bertz CT molecular complexity index is 1350. The highest BCUT2D eigenvalue weighted by Crippen LogP contribution is 2.20. The Morgan fingerprint density at radius 1 is 0.829 bits per heavy atom. The number of esters is 1. The number of methoxy groups -OCH3 is 1. The van der Waals surface area contributed by atoms with Gasteiger partial charge < -0.3 is 30.4 Å². The van der Waals surface area contributed by atoms with Crippen molar-refractivity contribution in [2.45, 2.75) is 71.2 Å². The Labute approximate surface area is 240 Å². The lowest BCUT2D eigenvalue weighted by Crippen LogP contribution is -2.57. The van der Waals surface area contributed by atoms with Gasteiger partial charge in [-0.2, -0.15) is 0 Å². The van der Waals surface area contributed by atoms with Crippen LogP contribution in [0.25, 0.3) is 10.9 Å². The molecule has 1 heterocycles. The number of ether oxygens (including phenoxy) is 2. The number of amides is 3. The zero-order chi connectivity index (χ0) is 30.2. The molecule has 3 amide bonds. The van der Waals surface area contributed by atoms with Crippen LogP contribution in [0, 0.1) is 5.92 Å². The van der Waals surface area contributed by atoms with E-state index in [1.165, 1.54) is 7.11 Å². The second-order valence-corrected chi connectivity index (χ2v) is 11.3. The highest BCUT2D eigenvalue weighted by molar-refractivity contribution is 5.94. The molecule has 0 spiro atoms. The molecule has 0 saturated carbocycles. The maximum atomic E-state index is 13.7. The summed E-state index contributed by atoms with van der Waals surface area (Å²) >= 11 is 0. The van der Waals surface area contributed by atoms with Gasteiger partial charge in [0.05, 0.1) is 7.11 Å². The van der Waals surface area contributed by atoms with Crippen LogP contribution in [-0.4, -0.2) is 59.7 Å². The first-order valence-corrected chi connectivity index (χ1v) is 13.6. The molecule has 0 bridgehead atoms. The van der Waals surface area contributed by atoms with E-state index in [4.69, 9.17) is 9.47 Å². The zero-order valence-corrected chi connectivity index (χ0v) is 24.4. The van der Waals surface area contributed by atoms with E-state index in [9.17, 15) is 19.2 Å². The third-order valence-electron chi connectivity index (χ3n) is 6.44. The molecular formula is C31H40N4O6. The van der Waals surface area contributed by atoms with Gasteiger partial charge in [0.2, 0.25) is 11.8 Å². The number of H-pyrrole nitrogens is 1. The summed E-state index contributed by atoms with van der Waals surface area (Å²) in [6.07, 6.45) is 1.34. The molecule has 10 heteroatoms. The molecule has 3 atom stereocenters. The zero-order valence-electron chi connectivity index (χ0n) is 24.4. The fourth-order valence-corrected chi connectivity index (χ4v) is 4.39. The monoisotopic (exact) mass is 564 g/mol. The maximum Gasteiger partial charge on any atom is 0.408 e. The number of benzene rings is 2. The van der Waals surface area contributed by atoms with Crippen molar-refractivity contribution in [3.8, 4) is 0 Å². The van der Waals surface area contributed by atoms with Crippen LogP contribution in [-0.2, 0) is 36.7 Å². The number of aromatic amines is 1. The molecule has 3 rings (SSSR count). The number of aromatic nitrogens is 1. The summed E-state index contributed by atoms with van der Waals surface area (Å²) in [6.45, 7) is 8.76. The second-order valence-electron chi connectivity index (χ2n) is 11.3. The van der Waals surface area contributed by atoms with Crippen molar-refractivity contribution in [1.82, 2.24) is 20.9 Å². The highest BCUT2D eigenvalue weighted by Gasteiger charge is 2.32. The topological polar surface area (TPSA) is 139 Å². The van der Waals surface area contributed by atoms with Gasteiger partial charge in [0, 0.05) is 29.9 Å². The third-order valence-corrected chi connectivity index (χ3v) is 6.44. The average molecular weight is 565 g/mol. The normalized spacial score (nSPS) is 13.6. The van der Waals surface area contributed by atoms with Gasteiger partial charge in [-0.3, -0.25) is 9.59 Å². The lowest BCUT2D eigenvalue weighted by atomic mass is 10.00. The average Bonchev–Trinajstić information content (AvgIpc) is 3.32. The summed E-state index contributed by atoms with van der Waals surface area (Å²) in [6, 6.07) is 13.8. The van der Waals surface area contributed by atoms with Crippen LogP contribution in [0.3, 0.4) is 0 Å². The van der Waals surface area contributed by atoms with Crippen LogP contribution in [0.4, 0.5) is 4.79 Å². The van der Waals surface area contributed by atoms with E-state index in [-0.39, 0.29) is 18.8 Å². The Morgan fingerprint density at radius 2 is 1.44 bits per heavy atom. The van der Waals surface area contributed by atoms with E-state index in [1.54, 1.807) is 40.8 Å². The van der Waals surface area contributed by atoms with Crippen LogP contribution in [0.5, 0.6) is 0 Å². The van der Waals surface area contributed by atoms with Crippen LogP contribution in [0.1, 0.15) is 45.7 Å². The maximum absolute atomic E-state index is 13.7. The van der Waals surface area contributed by atoms with Gasteiger partial charge in [-0.05, 0) is 43.9 Å². The second kappa shape index (κ2) is 13.8. The number of hydrogen-bond donors (Lipinski definition) is 4. The van der Waals surface area contributed by atoms with Crippen molar-refractivity contribution >= 4 is 34.8 Å². The van der Waals surface area contributed by atoms with Crippen molar-refractivity contribution in [2.75, 3.05) is 7.11 Å². The Morgan fingerprint density at radius 3 is 2.07 bits per heavy atom. The number of carbonyl (C=O) groups excluding carboxylic acids is 4. The van der Waals surface area contributed by atoms with Gasteiger partial charge in [0.25, 0.3) is 0 Å². The molecule has 0 fully saturated rings. The summed E-state index contributed by atoms with van der Waals surface area (Å²) in [5.41, 5.74) is 1.73. The van der Waals surface area contributed by atoms with E-state index in [0.717, 1.165) is 22.0 Å². The van der Waals surface area contributed by atoms with Gasteiger partial charge in [-0.25, -0.2) is 9.59 Å². The first-order valence-electron chi connectivity index (χ1n) is 13.6. The summed E-state index contributed by atoms with van der Waals surface area (Å²) < 4.78 is 10.3. The number of rotatable bonds is 11. The largest absolute Gasteiger partial charge is 0.467 e. The van der Waals surface area contributed by atoms with E-state index in [2.05, 4.69) is 20.9 Å². The van der Waals surface area contributed by atoms with Gasteiger partial charge in [0.1, 0.15) is 23.7 Å². The molecule has 3 aromatic rings. The SMILES string of the molecule is COC(=O)[C@@H](NC(=O)[C@@H](Cc1c[nH]c2ccccc12)NC(=O)[C@@H](Cc1ccccc1)NC(=O)OC(C)(C)C)C(C)C.